The molecular formula is C13H22N4O. The number of ether oxygens (including phenoxy) is 1. The molecule has 0 saturated carbocycles. The van der Waals surface area contributed by atoms with Crippen molar-refractivity contribution in [1.29, 1.82) is 0 Å². The summed E-state index contributed by atoms with van der Waals surface area (Å²) < 4.78 is 5.88. The second-order valence-electron chi connectivity index (χ2n) is 4.79. The molecule has 1 aliphatic rings. The van der Waals surface area contributed by atoms with E-state index in [2.05, 4.69) is 34.2 Å². The average molecular weight is 250 g/mol. The van der Waals surface area contributed by atoms with Crippen molar-refractivity contribution in [2.75, 3.05) is 32.0 Å². The Hall–Kier alpha value is -1.36. The molecule has 0 aliphatic carbocycles. The molecule has 1 saturated heterocycles. The topological polar surface area (TPSA) is 50.3 Å². The monoisotopic (exact) mass is 250 g/mol. The van der Waals surface area contributed by atoms with E-state index in [9.17, 15) is 0 Å². The Kier molecular flexibility index (Phi) is 4.75. The summed E-state index contributed by atoms with van der Waals surface area (Å²) in [6.45, 7) is 5.21. The Morgan fingerprint density at radius 1 is 1.39 bits per heavy atom. The molecule has 2 rings (SSSR count). The van der Waals surface area contributed by atoms with Crippen molar-refractivity contribution >= 4 is 5.82 Å². The molecule has 0 aromatic carbocycles. The summed E-state index contributed by atoms with van der Waals surface area (Å²) in [5.41, 5.74) is 0. The van der Waals surface area contributed by atoms with Gasteiger partial charge in [-0.3, -0.25) is 4.98 Å². The minimum Gasteiger partial charge on any atom is -0.473 e. The average Bonchev–Trinajstić information content (AvgIpc) is 2.40. The lowest BCUT2D eigenvalue weighted by atomic mass is 10.1. The van der Waals surface area contributed by atoms with Gasteiger partial charge < -0.3 is 15.0 Å². The van der Waals surface area contributed by atoms with E-state index >= 15 is 0 Å². The summed E-state index contributed by atoms with van der Waals surface area (Å²) in [5.74, 6) is 1.42. The lowest BCUT2D eigenvalue weighted by molar-refractivity contribution is 0.109. The number of nitrogens with zero attached hydrogens (tertiary/aromatic N) is 3. The molecule has 18 heavy (non-hydrogen) atoms. The number of piperidine rings is 1. The van der Waals surface area contributed by atoms with Crippen molar-refractivity contribution in [3.05, 3.63) is 12.4 Å². The van der Waals surface area contributed by atoms with Gasteiger partial charge in [0.05, 0.1) is 12.4 Å². The molecule has 0 spiro atoms. The van der Waals surface area contributed by atoms with Gasteiger partial charge in [-0.1, -0.05) is 6.92 Å². The van der Waals surface area contributed by atoms with Gasteiger partial charge in [0.1, 0.15) is 11.9 Å². The van der Waals surface area contributed by atoms with Crippen molar-refractivity contribution in [3.63, 3.8) is 0 Å². The second kappa shape index (κ2) is 6.54. The first-order valence-electron chi connectivity index (χ1n) is 6.69. The first kappa shape index (κ1) is 13.1. The number of nitrogens with one attached hydrogen (secondary N) is 1. The number of hydrogen-bond acceptors (Lipinski definition) is 5. The zero-order valence-corrected chi connectivity index (χ0v) is 11.2. The summed E-state index contributed by atoms with van der Waals surface area (Å²) in [6.07, 6.45) is 6.89. The van der Waals surface area contributed by atoms with Crippen molar-refractivity contribution in [2.45, 2.75) is 32.3 Å². The van der Waals surface area contributed by atoms with Crippen LogP contribution in [0.5, 0.6) is 5.88 Å². The van der Waals surface area contributed by atoms with Crippen LogP contribution in [-0.4, -0.2) is 47.7 Å². The molecule has 5 heteroatoms. The van der Waals surface area contributed by atoms with Crippen molar-refractivity contribution in [3.8, 4) is 5.88 Å². The van der Waals surface area contributed by atoms with Crippen LogP contribution in [0.1, 0.15) is 26.2 Å². The van der Waals surface area contributed by atoms with E-state index in [1.54, 1.807) is 12.4 Å². The van der Waals surface area contributed by atoms with Gasteiger partial charge >= 0.3 is 0 Å². The largest absolute Gasteiger partial charge is 0.473 e. The Morgan fingerprint density at radius 3 is 2.89 bits per heavy atom. The number of hydrogen-bond donors (Lipinski definition) is 1. The lowest BCUT2D eigenvalue weighted by Gasteiger charge is -2.28. The molecule has 0 bridgehead atoms. The van der Waals surface area contributed by atoms with Gasteiger partial charge in [-0.2, -0.15) is 4.98 Å². The van der Waals surface area contributed by atoms with Gasteiger partial charge in [-0.05, 0) is 26.3 Å². The normalized spacial score (nSPS) is 17.7. The van der Waals surface area contributed by atoms with Crippen LogP contribution in [0.4, 0.5) is 5.82 Å². The highest BCUT2D eigenvalue weighted by Gasteiger charge is 2.18. The van der Waals surface area contributed by atoms with Crippen LogP contribution in [0.2, 0.25) is 0 Å². The minimum absolute atomic E-state index is 0.275. The number of anilines is 1. The van der Waals surface area contributed by atoms with Crippen molar-refractivity contribution in [2.24, 2.45) is 0 Å². The summed E-state index contributed by atoms with van der Waals surface area (Å²) in [6, 6.07) is 0. The van der Waals surface area contributed by atoms with Crippen LogP contribution in [0, 0.1) is 0 Å². The molecule has 100 valence electrons. The Balaban J connectivity index is 1.88. The summed E-state index contributed by atoms with van der Waals surface area (Å²) in [5, 5.41) is 3.22. The predicted molar refractivity (Wildman–Crippen MR) is 72.0 cm³/mol. The van der Waals surface area contributed by atoms with Crippen molar-refractivity contribution in [1.82, 2.24) is 14.9 Å². The lowest BCUT2D eigenvalue weighted by Crippen LogP contribution is -2.35. The highest BCUT2D eigenvalue weighted by Crippen LogP contribution is 2.17. The van der Waals surface area contributed by atoms with E-state index in [0.717, 1.165) is 44.7 Å². The van der Waals surface area contributed by atoms with Crippen LogP contribution in [0.15, 0.2) is 12.4 Å². The molecule has 0 radical (unpaired) electrons. The molecular weight excluding hydrogens is 228 g/mol. The molecule has 1 aromatic rings. The van der Waals surface area contributed by atoms with E-state index in [0.29, 0.717) is 5.88 Å². The molecule has 1 fully saturated rings. The molecule has 1 aliphatic heterocycles. The molecule has 0 unspecified atom stereocenters. The maximum atomic E-state index is 5.88. The zero-order valence-electron chi connectivity index (χ0n) is 11.2. The summed E-state index contributed by atoms with van der Waals surface area (Å²) >= 11 is 0. The quantitative estimate of drug-likeness (QED) is 0.863. The Morgan fingerprint density at radius 2 is 2.17 bits per heavy atom. The molecule has 5 nitrogen and oxygen atoms in total. The van der Waals surface area contributed by atoms with Gasteiger partial charge in [0, 0.05) is 19.6 Å². The van der Waals surface area contributed by atoms with Gasteiger partial charge in [-0.25, -0.2) is 0 Å². The number of rotatable bonds is 5. The standard InChI is InChI=1S/C13H22N4O/c1-3-6-15-12-9-14-10-13(16-12)18-11-4-7-17(2)8-5-11/h9-11H,3-8H2,1-2H3,(H,15,16). The molecule has 0 atom stereocenters. The predicted octanol–water partition coefficient (Wildman–Crippen LogP) is 1.77. The second-order valence-corrected chi connectivity index (χ2v) is 4.79. The molecule has 0 amide bonds. The SMILES string of the molecule is CCCNc1cncc(OC2CCN(C)CC2)n1. The van der Waals surface area contributed by atoms with Crippen LogP contribution in [0.3, 0.4) is 0 Å². The van der Waals surface area contributed by atoms with Crippen LogP contribution in [0.25, 0.3) is 0 Å². The minimum atomic E-state index is 0.275. The van der Waals surface area contributed by atoms with Crippen molar-refractivity contribution < 1.29 is 4.74 Å². The Bertz CT molecular complexity index is 364. The fourth-order valence-corrected chi connectivity index (χ4v) is 2.02. The third-order valence-corrected chi connectivity index (χ3v) is 3.12. The first-order valence-corrected chi connectivity index (χ1v) is 6.69. The van der Waals surface area contributed by atoms with E-state index < -0.39 is 0 Å². The number of aromatic nitrogens is 2. The summed E-state index contributed by atoms with van der Waals surface area (Å²) in [7, 11) is 2.14. The fourth-order valence-electron chi connectivity index (χ4n) is 2.02. The van der Waals surface area contributed by atoms with Gasteiger partial charge in [0.15, 0.2) is 0 Å². The zero-order chi connectivity index (χ0) is 12.8. The Labute approximate surface area is 109 Å². The van der Waals surface area contributed by atoms with E-state index in [1.165, 1.54) is 0 Å². The van der Waals surface area contributed by atoms with Gasteiger partial charge in [-0.15, -0.1) is 0 Å². The number of likely N-dealkylation sites (tertiary alicyclic amines) is 1. The van der Waals surface area contributed by atoms with Crippen LogP contribution >= 0.6 is 0 Å². The highest BCUT2D eigenvalue weighted by molar-refractivity contribution is 5.33. The maximum absolute atomic E-state index is 5.88. The van der Waals surface area contributed by atoms with Gasteiger partial charge in [0.25, 0.3) is 0 Å². The van der Waals surface area contributed by atoms with E-state index in [1.807, 2.05) is 0 Å². The van der Waals surface area contributed by atoms with E-state index in [-0.39, 0.29) is 6.10 Å². The third kappa shape index (κ3) is 3.84. The smallest absolute Gasteiger partial charge is 0.234 e. The maximum Gasteiger partial charge on any atom is 0.234 e. The molecule has 2 heterocycles. The molecule has 1 aromatic heterocycles. The van der Waals surface area contributed by atoms with Crippen LogP contribution in [-0.2, 0) is 0 Å². The summed E-state index contributed by atoms with van der Waals surface area (Å²) in [4.78, 5) is 10.9. The van der Waals surface area contributed by atoms with E-state index in [4.69, 9.17) is 4.74 Å². The first-order chi connectivity index (χ1) is 8.78. The third-order valence-electron chi connectivity index (χ3n) is 3.12. The van der Waals surface area contributed by atoms with Gasteiger partial charge in [0.2, 0.25) is 5.88 Å². The fraction of sp³-hybridized carbons (Fsp3) is 0.692. The van der Waals surface area contributed by atoms with Crippen LogP contribution < -0.4 is 10.1 Å². The highest BCUT2D eigenvalue weighted by atomic mass is 16.5. The molecule has 1 N–H and O–H groups in total.